The van der Waals surface area contributed by atoms with Crippen molar-refractivity contribution >= 4 is 0 Å². The number of aryl methyl sites for hydroxylation is 3. The first-order chi connectivity index (χ1) is 10.1. The number of nitrogens with zero attached hydrogens (tertiary/aromatic N) is 3. The number of ether oxygens (including phenoxy) is 1. The average Bonchev–Trinajstić information content (AvgIpc) is 2.84. The zero-order valence-corrected chi connectivity index (χ0v) is 12.7. The summed E-state index contributed by atoms with van der Waals surface area (Å²) in [6.07, 6.45) is 1.08. The predicted octanol–water partition coefficient (Wildman–Crippen LogP) is 0.961. The fraction of sp³-hybridized carbons (Fsp3) is 0.467. The number of rotatable bonds is 7. The number of nitrogens with one attached hydrogen (secondary N) is 1. The van der Waals surface area contributed by atoms with Crippen molar-refractivity contribution in [2.45, 2.75) is 26.5 Å². The highest BCUT2D eigenvalue weighted by Crippen LogP contribution is 2.22. The lowest BCUT2D eigenvalue weighted by molar-refractivity contribution is 0.105. The molecule has 2 aromatic rings. The van der Waals surface area contributed by atoms with Gasteiger partial charge < -0.3 is 19.7 Å². The number of aromatic nitrogens is 3. The molecule has 1 atom stereocenters. The second kappa shape index (κ2) is 7.19. The van der Waals surface area contributed by atoms with Crippen LogP contribution in [0.1, 0.15) is 17.0 Å². The Labute approximate surface area is 124 Å². The minimum atomic E-state index is -0.572. The Morgan fingerprint density at radius 1 is 1.33 bits per heavy atom. The van der Waals surface area contributed by atoms with Gasteiger partial charge in [0.2, 0.25) is 0 Å². The molecule has 0 spiro atoms. The number of para-hydroxylation sites is 1. The van der Waals surface area contributed by atoms with E-state index >= 15 is 0 Å². The molecule has 21 heavy (non-hydrogen) atoms. The van der Waals surface area contributed by atoms with Crippen molar-refractivity contribution in [2.75, 3.05) is 13.2 Å². The molecule has 0 amide bonds. The van der Waals surface area contributed by atoms with Crippen LogP contribution in [0, 0.1) is 13.8 Å². The van der Waals surface area contributed by atoms with Gasteiger partial charge in [0, 0.05) is 13.6 Å². The number of aliphatic hydroxyl groups excluding tert-OH is 1. The van der Waals surface area contributed by atoms with Crippen molar-refractivity contribution in [1.82, 2.24) is 20.1 Å². The van der Waals surface area contributed by atoms with Crippen LogP contribution >= 0.6 is 0 Å². The first-order valence-electron chi connectivity index (χ1n) is 6.98. The van der Waals surface area contributed by atoms with Gasteiger partial charge in [0.1, 0.15) is 30.6 Å². The summed E-state index contributed by atoms with van der Waals surface area (Å²) in [4.78, 5) is 0. The molecular formula is C15H22N4O2. The normalized spacial score (nSPS) is 12.4. The number of benzene rings is 1. The molecule has 0 saturated heterocycles. The first-order valence-corrected chi connectivity index (χ1v) is 6.98. The van der Waals surface area contributed by atoms with Crippen LogP contribution in [0.3, 0.4) is 0 Å². The van der Waals surface area contributed by atoms with Crippen LogP contribution in [0.2, 0.25) is 0 Å². The van der Waals surface area contributed by atoms with Crippen LogP contribution < -0.4 is 10.1 Å². The molecule has 0 fully saturated rings. The summed E-state index contributed by atoms with van der Waals surface area (Å²) in [7, 11) is 1.89. The smallest absolute Gasteiger partial charge is 0.146 e. The minimum absolute atomic E-state index is 0.261. The molecule has 2 N–H and O–H groups in total. The topological polar surface area (TPSA) is 72.2 Å². The SMILES string of the molecule is Cc1cccc(C)c1OCC(O)CNCc1nncn1C. The van der Waals surface area contributed by atoms with Crippen LogP contribution in [-0.4, -0.2) is 39.1 Å². The van der Waals surface area contributed by atoms with Gasteiger partial charge in [-0.25, -0.2) is 0 Å². The quantitative estimate of drug-likeness (QED) is 0.795. The van der Waals surface area contributed by atoms with E-state index in [1.807, 2.05) is 43.7 Å². The molecule has 1 aromatic carbocycles. The molecular weight excluding hydrogens is 268 g/mol. The maximum atomic E-state index is 9.96. The fourth-order valence-corrected chi connectivity index (χ4v) is 2.08. The van der Waals surface area contributed by atoms with Crippen LogP contribution in [0.5, 0.6) is 5.75 Å². The Morgan fingerprint density at radius 2 is 2.05 bits per heavy atom. The largest absolute Gasteiger partial charge is 0.490 e. The van der Waals surface area contributed by atoms with Crippen LogP contribution in [-0.2, 0) is 13.6 Å². The Hall–Kier alpha value is -1.92. The number of aliphatic hydroxyl groups is 1. The maximum Gasteiger partial charge on any atom is 0.146 e. The molecule has 0 aliphatic heterocycles. The van der Waals surface area contributed by atoms with Gasteiger partial charge in [-0.1, -0.05) is 18.2 Å². The third-order valence-electron chi connectivity index (χ3n) is 3.30. The Bertz CT molecular complexity index is 563. The average molecular weight is 290 g/mol. The van der Waals surface area contributed by atoms with Crippen molar-refractivity contribution in [1.29, 1.82) is 0 Å². The van der Waals surface area contributed by atoms with Crippen molar-refractivity contribution in [3.63, 3.8) is 0 Å². The van der Waals surface area contributed by atoms with E-state index in [1.165, 1.54) is 0 Å². The second-order valence-corrected chi connectivity index (χ2v) is 5.17. The van der Waals surface area contributed by atoms with Gasteiger partial charge in [0.15, 0.2) is 0 Å². The molecule has 0 saturated carbocycles. The van der Waals surface area contributed by atoms with E-state index in [0.29, 0.717) is 13.1 Å². The van der Waals surface area contributed by atoms with E-state index in [9.17, 15) is 5.11 Å². The van der Waals surface area contributed by atoms with Gasteiger partial charge in [-0.2, -0.15) is 0 Å². The van der Waals surface area contributed by atoms with Crippen LogP contribution in [0.25, 0.3) is 0 Å². The maximum absolute atomic E-state index is 9.96. The Morgan fingerprint density at radius 3 is 2.67 bits per heavy atom. The van der Waals surface area contributed by atoms with Crippen molar-refractivity contribution in [3.05, 3.63) is 41.5 Å². The number of hydrogen-bond acceptors (Lipinski definition) is 5. The zero-order chi connectivity index (χ0) is 15.2. The Balaban J connectivity index is 1.75. The number of hydrogen-bond donors (Lipinski definition) is 2. The second-order valence-electron chi connectivity index (χ2n) is 5.17. The highest BCUT2D eigenvalue weighted by Gasteiger charge is 2.09. The Kier molecular flexibility index (Phi) is 5.30. The van der Waals surface area contributed by atoms with Gasteiger partial charge >= 0.3 is 0 Å². The summed E-state index contributed by atoms with van der Waals surface area (Å²) in [5.41, 5.74) is 2.16. The van der Waals surface area contributed by atoms with E-state index in [1.54, 1.807) is 6.33 Å². The molecule has 1 heterocycles. The minimum Gasteiger partial charge on any atom is -0.490 e. The van der Waals surface area contributed by atoms with Crippen molar-refractivity contribution in [3.8, 4) is 5.75 Å². The lowest BCUT2D eigenvalue weighted by Crippen LogP contribution is -2.31. The van der Waals surface area contributed by atoms with Crippen LogP contribution in [0.15, 0.2) is 24.5 Å². The monoisotopic (exact) mass is 290 g/mol. The van der Waals surface area contributed by atoms with Crippen molar-refractivity contribution < 1.29 is 9.84 Å². The van der Waals surface area contributed by atoms with Gasteiger partial charge in [-0.05, 0) is 25.0 Å². The van der Waals surface area contributed by atoms with E-state index < -0.39 is 6.10 Å². The van der Waals surface area contributed by atoms with Gasteiger partial charge in [-0.3, -0.25) is 0 Å². The predicted molar refractivity (Wildman–Crippen MR) is 80.1 cm³/mol. The van der Waals surface area contributed by atoms with Gasteiger partial charge in [-0.15, -0.1) is 10.2 Å². The lowest BCUT2D eigenvalue weighted by Gasteiger charge is -2.16. The summed E-state index contributed by atoms with van der Waals surface area (Å²) in [6, 6.07) is 6.00. The third-order valence-corrected chi connectivity index (χ3v) is 3.30. The van der Waals surface area contributed by atoms with E-state index in [2.05, 4.69) is 15.5 Å². The van der Waals surface area contributed by atoms with E-state index in [0.717, 1.165) is 22.7 Å². The molecule has 1 aromatic heterocycles. The van der Waals surface area contributed by atoms with Gasteiger partial charge in [0.05, 0.1) is 6.54 Å². The van der Waals surface area contributed by atoms with E-state index in [4.69, 9.17) is 4.74 Å². The molecule has 1 unspecified atom stereocenters. The third kappa shape index (κ3) is 4.27. The van der Waals surface area contributed by atoms with E-state index in [-0.39, 0.29) is 6.61 Å². The summed E-state index contributed by atoms with van der Waals surface area (Å²) in [5, 5.41) is 20.9. The summed E-state index contributed by atoms with van der Waals surface area (Å²) in [5.74, 6) is 1.68. The van der Waals surface area contributed by atoms with Crippen LogP contribution in [0.4, 0.5) is 0 Å². The van der Waals surface area contributed by atoms with Gasteiger partial charge in [0.25, 0.3) is 0 Å². The van der Waals surface area contributed by atoms with Crippen molar-refractivity contribution in [2.24, 2.45) is 7.05 Å². The standard InChI is InChI=1S/C15H22N4O2/c1-11-5-4-6-12(2)15(11)21-9-13(20)7-16-8-14-18-17-10-19(14)3/h4-6,10,13,16,20H,7-9H2,1-3H3. The first kappa shape index (κ1) is 15.5. The highest BCUT2D eigenvalue weighted by molar-refractivity contribution is 5.39. The highest BCUT2D eigenvalue weighted by atomic mass is 16.5. The summed E-state index contributed by atoms with van der Waals surface area (Å²) < 4.78 is 7.56. The molecule has 0 bridgehead atoms. The molecule has 114 valence electrons. The molecule has 0 aliphatic carbocycles. The zero-order valence-electron chi connectivity index (χ0n) is 12.7. The lowest BCUT2D eigenvalue weighted by atomic mass is 10.1. The fourth-order valence-electron chi connectivity index (χ4n) is 2.08. The molecule has 2 rings (SSSR count). The molecule has 6 heteroatoms. The molecule has 0 aliphatic rings. The summed E-state index contributed by atoms with van der Waals surface area (Å²) >= 11 is 0. The molecule has 0 radical (unpaired) electrons. The summed E-state index contributed by atoms with van der Waals surface area (Å²) in [6.45, 7) is 5.27. The molecule has 6 nitrogen and oxygen atoms in total.